The maximum Gasteiger partial charge on any atom is 0.315 e. The molecule has 0 bridgehead atoms. The fourth-order valence-electron chi connectivity index (χ4n) is 14.4. The van der Waals surface area contributed by atoms with Gasteiger partial charge in [-0.2, -0.15) is 0 Å². The van der Waals surface area contributed by atoms with Crippen molar-refractivity contribution in [2.45, 2.75) is 204 Å². The minimum Gasteiger partial charge on any atom is -0.432 e. The van der Waals surface area contributed by atoms with Crippen LogP contribution in [0.15, 0.2) is 11.6 Å². The van der Waals surface area contributed by atoms with Crippen LogP contribution in [-0.2, 0) is 33.2 Å². The zero-order valence-corrected chi connectivity index (χ0v) is 37.7. The highest BCUT2D eigenvalue weighted by Crippen LogP contribution is 2.72. The molecule has 3 saturated heterocycles. The first-order valence-electron chi connectivity index (χ1n) is 23.4. The largest absolute Gasteiger partial charge is 0.432 e. The van der Waals surface area contributed by atoms with Crippen LogP contribution in [0.1, 0.15) is 106 Å². The lowest BCUT2D eigenvalue weighted by molar-refractivity contribution is -0.364. The summed E-state index contributed by atoms with van der Waals surface area (Å²) in [5.74, 6) is -0.627. The summed E-state index contributed by atoms with van der Waals surface area (Å²) in [4.78, 5) is 14.6. The summed E-state index contributed by atoms with van der Waals surface area (Å²) in [5.41, 5.74) is -2.22. The first-order valence-corrected chi connectivity index (χ1v) is 23.4. The molecule has 360 valence electrons. The van der Waals surface area contributed by atoms with E-state index in [4.69, 9.17) is 28.4 Å². The van der Waals surface area contributed by atoms with E-state index in [-0.39, 0.29) is 47.2 Å². The Kier molecular flexibility index (Phi) is 13.0. The third-order valence-corrected chi connectivity index (χ3v) is 18.5. The monoisotopic (exact) mass is 898 g/mol. The van der Waals surface area contributed by atoms with E-state index in [2.05, 4.69) is 33.8 Å². The van der Waals surface area contributed by atoms with E-state index in [0.717, 1.165) is 31.3 Å². The van der Waals surface area contributed by atoms with Crippen LogP contribution in [0.3, 0.4) is 0 Å². The van der Waals surface area contributed by atoms with E-state index in [1.54, 1.807) is 0 Å². The normalized spacial score (nSPS) is 55.6. The molecule has 0 aromatic heterocycles. The highest BCUT2D eigenvalue weighted by Gasteiger charge is 2.69. The molecule has 63 heavy (non-hydrogen) atoms. The van der Waals surface area contributed by atoms with E-state index in [1.165, 1.54) is 6.92 Å². The maximum absolute atomic E-state index is 14.6. The number of carbonyl (C=O) groups excluding carboxylic acids is 1. The smallest absolute Gasteiger partial charge is 0.315 e. The summed E-state index contributed by atoms with van der Waals surface area (Å²) in [6.45, 7) is 13.6. The van der Waals surface area contributed by atoms with E-state index >= 15 is 0 Å². The van der Waals surface area contributed by atoms with Gasteiger partial charge in [-0.3, -0.25) is 4.79 Å². The van der Waals surface area contributed by atoms with Crippen LogP contribution in [0, 0.1) is 51.2 Å². The standard InChI is InChI=1S/C46H74O17/c1-20-12-15-46(41(56)63-39-35(55)33(53)31(51)26(18-47)60-39)17-16-43(5)22-10-11-27-42(3,4)28(13-14-44(27,6)23(22)8-9-24(43)37(46)45(20,7)57)61-40-36(30(50)25(48)19-58-40)62-38-34(54)32(52)29(49)21(2)59-38/h9,20-23,25-40,47-55,57H,8,10-19H2,1-7H3/t20-,21-,22?,23?,25-,26+,27?,28?,29-,30-,31+,32+,33-,34+,35+,36+,37?,38-,39-,40-,43-,44+,45+,46-/m0/s1. The van der Waals surface area contributed by atoms with Gasteiger partial charge in [0.1, 0.15) is 61.0 Å². The Morgan fingerprint density at radius 1 is 0.730 bits per heavy atom. The number of fused-ring (bicyclic) bond motifs is 7. The van der Waals surface area contributed by atoms with Gasteiger partial charge < -0.3 is 79.5 Å². The van der Waals surface area contributed by atoms with Crippen molar-refractivity contribution in [1.82, 2.24) is 0 Å². The number of hydrogen-bond acceptors (Lipinski definition) is 17. The quantitative estimate of drug-likeness (QED) is 0.0941. The lowest BCUT2D eigenvalue weighted by Gasteiger charge is -2.68. The zero-order valence-electron chi connectivity index (χ0n) is 37.7. The summed E-state index contributed by atoms with van der Waals surface area (Å²) < 4.78 is 36.0. The van der Waals surface area contributed by atoms with Crippen molar-refractivity contribution in [3.8, 4) is 0 Å². The summed E-state index contributed by atoms with van der Waals surface area (Å²) >= 11 is 0. The fourth-order valence-corrected chi connectivity index (χ4v) is 14.4. The van der Waals surface area contributed by atoms with Gasteiger partial charge in [0.05, 0.1) is 36.4 Å². The van der Waals surface area contributed by atoms with Gasteiger partial charge in [0.15, 0.2) is 12.6 Å². The average Bonchev–Trinajstić information content (AvgIpc) is 3.23. The van der Waals surface area contributed by atoms with Crippen LogP contribution in [0.5, 0.6) is 0 Å². The molecule has 0 radical (unpaired) electrons. The molecule has 24 atom stereocenters. The van der Waals surface area contributed by atoms with Crippen LogP contribution >= 0.6 is 0 Å². The second kappa shape index (κ2) is 17.0. The number of hydrogen-bond donors (Lipinski definition) is 10. The first kappa shape index (κ1) is 48.1. The Hall–Kier alpha value is -1.39. The molecule has 7 fully saturated rings. The molecule has 17 nitrogen and oxygen atoms in total. The minimum atomic E-state index is -1.74. The second-order valence-corrected chi connectivity index (χ2v) is 22.0. The van der Waals surface area contributed by atoms with Gasteiger partial charge in [-0.05, 0) is 112 Å². The van der Waals surface area contributed by atoms with Crippen molar-refractivity contribution >= 4 is 5.97 Å². The van der Waals surface area contributed by atoms with Gasteiger partial charge >= 0.3 is 5.97 Å². The van der Waals surface area contributed by atoms with E-state index < -0.39 is 121 Å². The highest BCUT2D eigenvalue weighted by atomic mass is 16.8. The summed E-state index contributed by atoms with van der Waals surface area (Å²) in [7, 11) is 0. The van der Waals surface area contributed by atoms with Gasteiger partial charge in [-0.1, -0.05) is 46.3 Å². The molecule has 10 N–H and O–H groups in total. The SMILES string of the molecule is C[C@@H]1O[C@@H](O[C@H]2[C@H](OC3CC[C@]4(C)C5CC=C6C7[C@](C(=O)O[C@@H]8O[C@H](CO)[C@@H](O)[C@H](O)[C@H]8O)(CC[C@H](C)[C@@]7(C)O)CC[C@@]6(C)C5CCC4C3(C)C)OC[C@H](O)[C@@H]2O)[C@H](O)[C@H](O)[C@H]1O. The van der Waals surface area contributed by atoms with Crippen LogP contribution in [0.4, 0.5) is 0 Å². The molecule has 0 aromatic rings. The molecular formula is C46H74O17. The van der Waals surface area contributed by atoms with Crippen molar-refractivity contribution < 1.29 is 84.3 Å². The molecule has 3 aliphatic heterocycles. The summed E-state index contributed by atoms with van der Waals surface area (Å²) in [6.07, 6.45) is -11.8. The molecule has 0 aromatic carbocycles. The predicted octanol–water partition coefficient (Wildman–Crippen LogP) is 0.388. The van der Waals surface area contributed by atoms with Gasteiger partial charge in [-0.25, -0.2) is 0 Å². The lowest BCUT2D eigenvalue weighted by atomic mass is 9.37. The molecule has 0 amide bonds. The van der Waals surface area contributed by atoms with Crippen LogP contribution < -0.4 is 0 Å². The zero-order chi connectivity index (χ0) is 45.9. The second-order valence-electron chi connectivity index (χ2n) is 22.0. The van der Waals surface area contributed by atoms with Crippen LogP contribution in [-0.4, -0.2) is 168 Å². The van der Waals surface area contributed by atoms with Crippen molar-refractivity contribution in [2.75, 3.05) is 13.2 Å². The Morgan fingerprint density at radius 2 is 1.41 bits per heavy atom. The minimum absolute atomic E-state index is 0.123. The molecule has 5 aliphatic carbocycles. The van der Waals surface area contributed by atoms with E-state index in [9.17, 15) is 55.9 Å². The Balaban J connectivity index is 1.03. The molecular weight excluding hydrogens is 824 g/mol. The molecule has 4 saturated carbocycles. The molecule has 3 heterocycles. The first-order chi connectivity index (χ1) is 29.4. The van der Waals surface area contributed by atoms with E-state index in [1.807, 2.05) is 13.8 Å². The predicted molar refractivity (Wildman–Crippen MR) is 220 cm³/mol. The number of allylic oxidation sites excluding steroid dienone is 1. The Bertz CT molecular complexity index is 1710. The number of aliphatic hydroxyl groups is 10. The van der Waals surface area contributed by atoms with E-state index in [0.29, 0.717) is 32.1 Å². The van der Waals surface area contributed by atoms with Gasteiger partial charge in [-0.15, -0.1) is 0 Å². The number of ether oxygens (including phenoxy) is 6. The van der Waals surface area contributed by atoms with Gasteiger partial charge in [0.2, 0.25) is 6.29 Å². The summed E-state index contributed by atoms with van der Waals surface area (Å²) in [6, 6.07) is 0. The molecule has 5 unspecified atom stereocenters. The molecule has 8 rings (SSSR count). The number of aliphatic hydroxyl groups excluding tert-OH is 9. The molecule has 0 spiro atoms. The van der Waals surface area contributed by atoms with Crippen LogP contribution in [0.25, 0.3) is 0 Å². The third kappa shape index (κ3) is 7.50. The summed E-state index contributed by atoms with van der Waals surface area (Å²) in [5, 5.41) is 107. The number of carbonyl (C=O) groups is 1. The lowest BCUT2D eigenvalue weighted by Crippen LogP contribution is -2.66. The maximum atomic E-state index is 14.6. The Morgan fingerprint density at radius 3 is 2.11 bits per heavy atom. The van der Waals surface area contributed by atoms with Crippen molar-refractivity contribution in [3.63, 3.8) is 0 Å². The van der Waals surface area contributed by atoms with Crippen LogP contribution in [0.2, 0.25) is 0 Å². The fraction of sp³-hybridized carbons (Fsp3) is 0.935. The number of esters is 1. The van der Waals surface area contributed by atoms with Gasteiger partial charge in [0, 0.05) is 5.92 Å². The van der Waals surface area contributed by atoms with Crippen molar-refractivity contribution in [1.29, 1.82) is 0 Å². The third-order valence-electron chi connectivity index (χ3n) is 18.5. The van der Waals surface area contributed by atoms with Crippen molar-refractivity contribution in [2.24, 2.45) is 51.2 Å². The average molecular weight is 899 g/mol. The highest BCUT2D eigenvalue weighted by molar-refractivity contribution is 5.79. The number of rotatable bonds is 7. The topological polar surface area (TPSA) is 275 Å². The Labute approximate surface area is 369 Å². The van der Waals surface area contributed by atoms with Crippen molar-refractivity contribution in [3.05, 3.63) is 11.6 Å². The van der Waals surface area contributed by atoms with Gasteiger partial charge in [0.25, 0.3) is 0 Å². The molecule has 8 aliphatic rings. The molecule has 17 heteroatoms.